The fourth-order valence-corrected chi connectivity index (χ4v) is 1.06. The molecule has 0 aliphatic heterocycles. The van der Waals surface area contributed by atoms with E-state index in [9.17, 15) is 14.4 Å². The van der Waals surface area contributed by atoms with Gasteiger partial charge >= 0.3 is 12.1 Å². The summed E-state index contributed by atoms with van der Waals surface area (Å²) in [5, 5.41) is 16.9. The van der Waals surface area contributed by atoms with E-state index in [1.54, 1.807) is 6.92 Å². The number of rotatable bonds is 6. The molecule has 0 aliphatic rings. The number of nitrogens with two attached hydrogens (primary N) is 1. The zero-order chi connectivity index (χ0) is 12.0. The van der Waals surface area contributed by atoms with Crippen molar-refractivity contribution >= 4 is 18.0 Å². The van der Waals surface area contributed by atoms with E-state index in [4.69, 9.17) is 15.9 Å². The Morgan fingerprint density at radius 1 is 1.33 bits per heavy atom. The predicted molar refractivity (Wildman–Crippen MR) is 48.1 cm³/mol. The van der Waals surface area contributed by atoms with Gasteiger partial charge in [-0.3, -0.25) is 4.79 Å². The zero-order valence-electron chi connectivity index (χ0n) is 8.17. The Kier molecular flexibility index (Phi) is 5.14. The minimum absolute atomic E-state index is 0.243. The summed E-state index contributed by atoms with van der Waals surface area (Å²) in [4.78, 5) is 31.5. The lowest BCUT2D eigenvalue weighted by Gasteiger charge is -2.16. The number of carboxylic acid groups (broad SMARTS) is 2. The largest absolute Gasteiger partial charge is 0.506 e. The molecule has 1 amide bonds. The SMILES string of the molecule is CCC(CC(OC(=O)O)C(=O)O)C(N)=O. The molecule has 0 heterocycles. The molecule has 2 unspecified atom stereocenters. The van der Waals surface area contributed by atoms with Crippen LogP contribution in [-0.2, 0) is 14.3 Å². The smallest absolute Gasteiger partial charge is 0.479 e. The molecule has 0 rings (SSSR count). The normalized spacial score (nSPS) is 13.9. The van der Waals surface area contributed by atoms with Gasteiger partial charge in [-0.05, 0) is 6.42 Å². The summed E-state index contributed by atoms with van der Waals surface area (Å²) in [7, 11) is 0. The second kappa shape index (κ2) is 5.84. The van der Waals surface area contributed by atoms with Gasteiger partial charge < -0.3 is 20.7 Å². The van der Waals surface area contributed by atoms with Crippen LogP contribution in [-0.4, -0.2) is 34.3 Å². The standard InChI is InChI=1S/C8H13NO6/c1-2-4(6(9)10)3-5(7(11)12)15-8(13)14/h4-5H,2-3H2,1H3,(H2,9,10)(H,11,12)(H,13,14). The van der Waals surface area contributed by atoms with Crippen LogP contribution in [0, 0.1) is 5.92 Å². The molecule has 2 atom stereocenters. The number of amides is 1. The topological polar surface area (TPSA) is 127 Å². The summed E-state index contributed by atoms with van der Waals surface area (Å²) in [6.07, 6.45) is -3.16. The summed E-state index contributed by atoms with van der Waals surface area (Å²) >= 11 is 0. The third-order valence-corrected chi connectivity index (χ3v) is 1.91. The van der Waals surface area contributed by atoms with Crippen molar-refractivity contribution < 1.29 is 29.3 Å². The summed E-state index contributed by atoms with van der Waals surface area (Å²) in [6.45, 7) is 1.65. The lowest BCUT2D eigenvalue weighted by Crippen LogP contribution is -2.33. The van der Waals surface area contributed by atoms with Gasteiger partial charge in [0.25, 0.3) is 0 Å². The van der Waals surface area contributed by atoms with Gasteiger partial charge in [-0.1, -0.05) is 6.92 Å². The van der Waals surface area contributed by atoms with Gasteiger partial charge in [0.2, 0.25) is 12.0 Å². The average molecular weight is 219 g/mol. The van der Waals surface area contributed by atoms with Crippen LogP contribution in [0.2, 0.25) is 0 Å². The molecule has 7 heteroatoms. The Balaban J connectivity index is 4.45. The summed E-state index contributed by atoms with van der Waals surface area (Å²) in [6, 6.07) is 0. The first-order chi connectivity index (χ1) is 6.88. The van der Waals surface area contributed by atoms with Crippen molar-refractivity contribution in [2.45, 2.75) is 25.9 Å². The Hall–Kier alpha value is -1.79. The fourth-order valence-electron chi connectivity index (χ4n) is 1.06. The van der Waals surface area contributed by atoms with E-state index in [0.29, 0.717) is 6.42 Å². The molecule has 4 N–H and O–H groups in total. The number of ether oxygens (including phenoxy) is 1. The van der Waals surface area contributed by atoms with E-state index in [1.165, 1.54) is 0 Å². The number of aliphatic carboxylic acids is 1. The van der Waals surface area contributed by atoms with Gasteiger partial charge in [-0.15, -0.1) is 0 Å². The van der Waals surface area contributed by atoms with Gasteiger partial charge in [-0.2, -0.15) is 0 Å². The van der Waals surface area contributed by atoms with Crippen LogP contribution in [0.5, 0.6) is 0 Å². The van der Waals surface area contributed by atoms with Crippen LogP contribution in [0.15, 0.2) is 0 Å². The lowest BCUT2D eigenvalue weighted by molar-refractivity contribution is -0.149. The highest BCUT2D eigenvalue weighted by molar-refractivity contribution is 5.79. The van der Waals surface area contributed by atoms with Crippen molar-refractivity contribution in [3.63, 3.8) is 0 Å². The molecule has 0 spiro atoms. The Bertz CT molecular complexity index is 264. The van der Waals surface area contributed by atoms with E-state index >= 15 is 0 Å². The van der Waals surface area contributed by atoms with Crippen LogP contribution < -0.4 is 5.73 Å². The number of primary amides is 1. The molecule has 0 fully saturated rings. The van der Waals surface area contributed by atoms with E-state index in [0.717, 1.165) is 0 Å². The van der Waals surface area contributed by atoms with Crippen molar-refractivity contribution in [2.24, 2.45) is 11.7 Å². The molecule has 0 aromatic heterocycles. The summed E-state index contributed by atoms with van der Waals surface area (Å²) < 4.78 is 4.10. The third kappa shape index (κ3) is 4.84. The first kappa shape index (κ1) is 13.2. The maximum absolute atomic E-state index is 10.8. The Morgan fingerprint density at radius 2 is 1.87 bits per heavy atom. The van der Waals surface area contributed by atoms with E-state index in [2.05, 4.69) is 4.74 Å². The van der Waals surface area contributed by atoms with Crippen molar-refractivity contribution in [1.82, 2.24) is 0 Å². The van der Waals surface area contributed by atoms with Crippen molar-refractivity contribution in [3.05, 3.63) is 0 Å². The van der Waals surface area contributed by atoms with E-state index in [1.807, 2.05) is 0 Å². The minimum Gasteiger partial charge on any atom is -0.479 e. The van der Waals surface area contributed by atoms with Crippen LogP contribution in [0.3, 0.4) is 0 Å². The molecule has 0 aliphatic carbocycles. The van der Waals surface area contributed by atoms with Gasteiger partial charge in [0, 0.05) is 12.3 Å². The molecule has 0 saturated heterocycles. The first-order valence-electron chi connectivity index (χ1n) is 4.30. The van der Waals surface area contributed by atoms with E-state index in [-0.39, 0.29) is 6.42 Å². The molecule has 7 nitrogen and oxygen atoms in total. The van der Waals surface area contributed by atoms with Crippen molar-refractivity contribution in [3.8, 4) is 0 Å². The molecule has 0 aromatic carbocycles. The maximum atomic E-state index is 10.8. The highest BCUT2D eigenvalue weighted by Gasteiger charge is 2.27. The highest BCUT2D eigenvalue weighted by atomic mass is 16.7. The summed E-state index contributed by atoms with van der Waals surface area (Å²) in [5.41, 5.74) is 4.99. The quantitative estimate of drug-likeness (QED) is 0.541. The first-order valence-corrected chi connectivity index (χ1v) is 4.30. The van der Waals surface area contributed by atoms with E-state index < -0.39 is 30.1 Å². The molecule has 86 valence electrons. The van der Waals surface area contributed by atoms with Crippen LogP contribution in [0.4, 0.5) is 4.79 Å². The van der Waals surface area contributed by atoms with Gasteiger partial charge in [0.1, 0.15) is 0 Å². The molecular formula is C8H13NO6. The average Bonchev–Trinajstić information content (AvgIpc) is 2.10. The number of carboxylic acids is 1. The molecule has 0 saturated carbocycles. The highest BCUT2D eigenvalue weighted by Crippen LogP contribution is 2.13. The van der Waals surface area contributed by atoms with Gasteiger partial charge in [-0.25, -0.2) is 9.59 Å². The van der Waals surface area contributed by atoms with Crippen molar-refractivity contribution in [1.29, 1.82) is 0 Å². The molecule has 0 bridgehead atoms. The molecule has 0 aromatic rings. The molecular weight excluding hydrogens is 206 g/mol. The predicted octanol–water partition coefficient (Wildman–Crippen LogP) is 0.0358. The van der Waals surface area contributed by atoms with Gasteiger partial charge in [0.15, 0.2) is 0 Å². The maximum Gasteiger partial charge on any atom is 0.506 e. The van der Waals surface area contributed by atoms with Crippen LogP contribution in [0.1, 0.15) is 19.8 Å². The lowest BCUT2D eigenvalue weighted by atomic mass is 9.98. The number of hydrogen-bond acceptors (Lipinski definition) is 4. The molecule has 15 heavy (non-hydrogen) atoms. The second-order valence-corrected chi connectivity index (χ2v) is 2.95. The van der Waals surface area contributed by atoms with Gasteiger partial charge in [0.05, 0.1) is 0 Å². The Morgan fingerprint density at radius 3 is 2.13 bits per heavy atom. The molecule has 0 radical (unpaired) electrons. The second-order valence-electron chi connectivity index (χ2n) is 2.95. The Labute approximate surface area is 85.8 Å². The zero-order valence-corrected chi connectivity index (χ0v) is 8.17. The third-order valence-electron chi connectivity index (χ3n) is 1.91. The number of carbonyl (C=O) groups excluding carboxylic acids is 1. The number of hydrogen-bond donors (Lipinski definition) is 3. The fraction of sp³-hybridized carbons (Fsp3) is 0.625. The minimum atomic E-state index is -1.69. The van der Waals surface area contributed by atoms with Crippen LogP contribution >= 0.6 is 0 Å². The number of carbonyl (C=O) groups is 3. The monoisotopic (exact) mass is 219 g/mol. The van der Waals surface area contributed by atoms with Crippen LogP contribution in [0.25, 0.3) is 0 Å². The summed E-state index contributed by atoms with van der Waals surface area (Å²) in [5.74, 6) is -2.81. The van der Waals surface area contributed by atoms with Crippen molar-refractivity contribution in [2.75, 3.05) is 0 Å².